The first-order chi connectivity index (χ1) is 8.78. The second kappa shape index (κ2) is 4.73. The summed E-state index contributed by atoms with van der Waals surface area (Å²) >= 11 is 1.65. The van der Waals surface area contributed by atoms with Crippen molar-refractivity contribution in [3.05, 3.63) is 45.0 Å². The topological polar surface area (TPSA) is 30.2 Å². The second-order valence-electron chi connectivity index (χ2n) is 4.71. The molecule has 1 aliphatic rings. The van der Waals surface area contributed by atoms with Gasteiger partial charge in [0, 0.05) is 11.3 Å². The minimum Gasteiger partial charge on any atom is -0.458 e. The molecular weight excluding hydrogens is 244 g/mol. The molecular formula is C15H16O2S. The van der Waals surface area contributed by atoms with Crippen LogP contribution in [0, 0.1) is 0 Å². The summed E-state index contributed by atoms with van der Waals surface area (Å²) in [4.78, 5) is 14.5. The van der Waals surface area contributed by atoms with Gasteiger partial charge >= 0.3 is 0 Å². The summed E-state index contributed by atoms with van der Waals surface area (Å²) in [5.41, 5.74) is 1.37. The van der Waals surface area contributed by atoms with Gasteiger partial charge in [0.1, 0.15) is 5.76 Å². The van der Waals surface area contributed by atoms with Gasteiger partial charge in [0.25, 0.3) is 0 Å². The van der Waals surface area contributed by atoms with E-state index in [0.717, 1.165) is 29.9 Å². The van der Waals surface area contributed by atoms with E-state index >= 15 is 0 Å². The molecule has 2 heterocycles. The molecule has 18 heavy (non-hydrogen) atoms. The number of hydrogen-bond acceptors (Lipinski definition) is 3. The molecule has 0 bridgehead atoms. The van der Waals surface area contributed by atoms with E-state index in [4.69, 9.17) is 4.42 Å². The summed E-state index contributed by atoms with van der Waals surface area (Å²) in [6.07, 6.45) is 5.58. The van der Waals surface area contributed by atoms with Crippen molar-refractivity contribution in [1.82, 2.24) is 0 Å². The average Bonchev–Trinajstić information content (AvgIpc) is 3.04. The normalized spacial score (nSPS) is 14.5. The fourth-order valence-electron chi connectivity index (χ4n) is 2.41. The Hall–Kier alpha value is -1.35. The molecule has 0 spiro atoms. The summed E-state index contributed by atoms with van der Waals surface area (Å²) in [6, 6.07) is 5.75. The van der Waals surface area contributed by atoms with Gasteiger partial charge in [-0.3, -0.25) is 4.79 Å². The number of ketones is 1. The van der Waals surface area contributed by atoms with Gasteiger partial charge < -0.3 is 4.42 Å². The highest BCUT2D eigenvalue weighted by atomic mass is 32.1. The average molecular weight is 260 g/mol. The summed E-state index contributed by atoms with van der Waals surface area (Å²) in [7, 11) is 0. The fraction of sp³-hybridized carbons (Fsp3) is 0.400. The lowest BCUT2D eigenvalue weighted by molar-refractivity contribution is 0.101. The predicted octanol–water partition coefficient (Wildman–Crippen LogP) is 4.01. The van der Waals surface area contributed by atoms with Crippen molar-refractivity contribution in [2.45, 2.75) is 39.0 Å². The molecule has 0 aromatic carbocycles. The van der Waals surface area contributed by atoms with Crippen molar-refractivity contribution in [1.29, 1.82) is 0 Å². The smallest absolute Gasteiger partial charge is 0.238 e. The third-order valence-corrected chi connectivity index (χ3v) is 4.69. The Labute approximate surface area is 111 Å². The third-order valence-electron chi connectivity index (χ3n) is 3.45. The molecule has 0 fully saturated rings. The van der Waals surface area contributed by atoms with Crippen LogP contribution in [0.25, 0.3) is 0 Å². The van der Waals surface area contributed by atoms with E-state index in [0.29, 0.717) is 5.76 Å². The number of furan rings is 1. The molecule has 0 atom stereocenters. The van der Waals surface area contributed by atoms with Gasteiger partial charge in [0.2, 0.25) is 5.78 Å². The van der Waals surface area contributed by atoms with Crippen LogP contribution >= 0.6 is 11.3 Å². The van der Waals surface area contributed by atoms with Crippen molar-refractivity contribution in [3.63, 3.8) is 0 Å². The zero-order chi connectivity index (χ0) is 12.5. The van der Waals surface area contributed by atoms with Gasteiger partial charge in [0.15, 0.2) is 5.76 Å². The van der Waals surface area contributed by atoms with E-state index in [1.165, 1.54) is 23.3 Å². The SMILES string of the molecule is CCc1ccc(C(=O)c2cc3c(s2)CCCC3)o1. The highest BCUT2D eigenvalue weighted by Crippen LogP contribution is 2.31. The Morgan fingerprint density at radius 1 is 1.33 bits per heavy atom. The van der Waals surface area contributed by atoms with Crippen LogP contribution < -0.4 is 0 Å². The summed E-state index contributed by atoms with van der Waals surface area (Å²) in [6.45, 7) is 2.02. The molecule has 0 N–H and O–H groups in total. The highest BCUT2D eigenvalue weighted by molar-refractivity contribution is 7.14. The zero-order valence-electron chi connectivity index (χ0n) is 10.5. The number of thiophene rings is 1. The lowest BCUT2D eigenvalue weighted by atomic mass is 9.99. The molecule has 2 aromatic heterocycles. The summed E-state index contributed by atoms with van der Waals surface area (Å²) in [5.74, 6) is 1.39. The minimum absolute atomic E-state index is 0.0362. The molecule has 3 heteroatoms. The highest BCUT2D eigenvalue weighted by Gasteiger charge is 2.20. The molecule has 0 unspecified atom stereocenters. The van der Waals surface area contributed by atoms with Gasteiger partial charge in [-0.25, -0.2) is 0 Å². The maximum atomic E-state index is 12.3. The molecule has 0 amide bonds. The molecule has 0 saturated heterocycles. The fourth-order valence-corrected chi connectivity index (χ4v) is 3.61. The van der Waals surface area contributed by atoms with E-state index in [2.05, 4.69) is 6.07 Å². The number of fused-ring (bicyclic) bond motifs is 1. The predicted molar refractivity (Wildman–Crippen MR) is 72.5 cm³/mol. The standard InChI is InChI=1S/C15H16O2S/c1-2-11-7-8-12(17-11)15(16)14-9-10-5-3-4-6-13(10)18-14/h7-9H,2-6H2,1H3. The molecule has 0 aliphatic heterocycles. The monoisotopic (exact) mass is 260 g/mol. The molecule has 1 aliphatic carbocycles. The van der Waals surface area contributed by atoms with Crippen molar-refractivity contribution in [3.8, 4) is 0 Å². The van der Waals surface area contributed by atoms with Gasteiger partial charge in [-0.2, -0.15) is 0 Å². The number of aryl methyl sites for hydroxylation is 3. The Balaban J connectivity index is 1.89. The maximum absolute atomic E-state index is 12.3. The van der Waals surface area contributed by atoms with Crippen molar-refractivity contribution in [2.75, 3.05) is 0 Å². The van der Waals surface area contributed by atoms with Crippen LogP contribution in [-0.4, -0.2) is 5.78 Å². The first kappa shape index (κ1) is 11.7. The Morgan fingerprint density at radius 2 is 2.17 bits per heavy atom. The Bertz CT molecular complexity index is 554. The van der Waals surface area contributed by atoms with E-state index in [-0.39, 0.29) is 5.78 Å². The zero-order valence-corrected chi connectivity index (χ0v) is 11.3. The Morgan fingerprint density at radius 3 is 2.89 bits per heavy atom. The molecule has 0 radical (unpaired) electrons. The second-order valence-corrected chi connectivity index (χ2v) is 5.85. The molecule has 94 valence electrons. The first-order valence-electron chi connectivity index (χ1n) is 6.53. The van der Waals surface area contributed by atoms with E-state index in [9.17, 15) is 4.79 Å². The lowest BCUT2D eigenvalue weighted by Crippen LogP contribution is -1.97. The van der Waals surface area contributed by atoms with E-state index < -0.39 is 0 Å². The summed E-state index contributed by atoms with van der Waals surface area (Å²) in [5, 5.41) is 0. The minimum atomic E-state index is 0.0362. The number of rotatable bonds is 3. The Kier molecular flexibility index (Phi) is 3.08. The number of hydrogen-bond donors (Lipinski definition) is 0. The third kappa shape index (κ3) is 2.03. The lowest BCUT2D eigenvalue weighted by Gasteiger charge is -2.08. The molecule has 2 nitrogen and oxygen atoms in total. The number of carbonyl (C=O) groups excluding carboxylic acids is 1. The summed E-state index contributed by atoms with van der Waals surface area (Å²) < 4.78 is 5.54. The molecule has 2 aromatic rings. The first-order valence-corrected chi connectivity index (χ1v) is 7.34. The van der Waals surface area contributed by atoms with E-state index in [1.54, 1.807) is 17.4 Å². The van der Waals surface area contributed by atoms with Gasteiger partial charge in [0.05, 0.1) is 4.88 Å². The largest absolute Gasteiger partial charge is 0.458 e. The van der Waals surface area contributed by atoms with Crippen molar-refractivity contribution in [2.24, 2.45) is 0 Å². The van der Waals surface area contributed by atoms with Crippen molar-refractivity contribution >= 4 is 17.1 Å². The molecule has 3 rings (SSSR count). The van der Waals surface area contributed by atoms with Crippen LogP contribution in [0.15, 0.2) is 22.6 Å². The van der Waals surface area contributed by atoms with Gasteiger partial charge in [-0.05, 0) is 49.4 Å². The van der Waals surface area contributed by atoms with Gasteiger partial charge in [-0.1, -0.05) is 6.92 Å². The van der Waals surface area contributed by atoms with Crippen LogP contribution in [0.1, 0.15) is 51.4 Å². The van der Waals surface area contributed by atoms with E-state index in [1.807, 2.05) is 13.0 Å². The maximum Gasteiger partial charge on any atom is 0.238 e. The van der Waals surface area contributed by atoms with Crippen LogP contribution in [0.5, 0.6) is 0 Å². The van der Waals surface area contributed by atoms with Crippen LogP contribution in [0.3, 0.4) is 0 Å². The van der Waals surface area contributed by atoms with Gasteiger partial charge in [-0.15, -0.1) is 11.3 Å². The quantitative estimate of drug-likeness (QED) is 0.780. The van der Waals surface area contributed by atoms with Crippen molar-refractivity contribution < 1.29 is 9.21 Å². The van der Waals surface area contributed by atoms with Crippen LogP contribution in [0.2, 0.25) is 0 Å². The molecule has 0 saturated carbocycles. The van der Waals surface area contributed by atoms with Crippen LogP contribution in [0.4, 0.5) is 0 Å². The number of carbonyl (C=O) groups is 1. The van der Waals surface area contributed by atoms with Crippen LogP contribution in [-0.2, 0) is 19.3 Å².